The van der Waals surface area contributed by atoms with Crippen molar-refractivity contribution in [3.8, 4) is 0 Å². The summed E-state index contributed by atoms with van der Waals surface area (Å²) in [6.07, 6.45) is 1.48. The van der Waals surface area contributed by atoms with E-state index in [9.17, 15) is 18.0 Å². The predicted octanol–water partition coefficient (Wildman–Crippen LogP) is 2.93. The molecule has 0 aliphatic carbocycles. The van der Waals surface area contributed by atoms with E-state index in [1.54, 1.807) is 12.1 Å². The lowest BCUT2D eigenvalue weighted by Gasteiger charge is -2.32. The Labute approximate surface area is 191 Å². The van der Waals surface area contributed by atoms with Crippen LogP contribution in [0.2, 0.25) is 0 Å². The molecule has 0 heterocycles. The molecule has 0 aliphatic rings. The van der Waals surface area contributed by atoms with Crippen LogP contribution < -0.4 is 9.62 Å². The third kappa shape index (κ3) is 6.32. The maximum atomic E-state index is 13.5. The second-order valence-electron chi connectivity index (χ2n) is 8.08. The van der Waals surface area contributed by atoms with Gasteiger partial charge in [0.1, 0.15) is 12.6 Å². The summed E-state index contributed by atoms with van der Waals surface area (Å²) in [5.74, 6) is -0.727. The van der Waals surface area contributed by atoms with Crippen molar-refractivity contribution in [1.82, 2.24) is 10.2 Å². The van der Waals surface area contributed by atoms with Gasteiger partial charge in [-0.05, 0) is 56.0 Å². The number of benzene rings is 2. The van der Waals surface area contributed by atoms with Gasteiger partial charge in [0, 0.05) is 13.6 Å². The van der Waals surface area contributed by atoms with E-state index in [1.165, 1.54) is 11.9 Å². The van der Waals surface area contributed by atoms with Crippen LogP contribution in [0.3, 0.4) is 0 Å². The average Bonchev–Trinajstić information content (AvgIpc) is 2.74. The first kappa shape index (κ1) is 25.4. The molecular formula is C24H33N3O4S. The van der Waals surface area contributed by atoms with Crippen molar-refractivity contribution in [1.29, 1.82) is 0 Å². The van der Waals surface area contributed by atoms with E-state index < -0.39 is 22.0 Å². The van der Waals surface area contributed by atoms with Crippen molar-refractivity contribution in [2.24, 2.45) is 0 Å². The summed E-state index contributed by atoms with van der Waals surface area (Å²) >= 11 is 0. The van der Waals surface area contributed by atoms with Gasteiger partial charge in [-0.2, -0.15) is 0 Å². The summed E-state index contributed by atoms with van der Waals surface area (Å²) in [4.78, 5) is 27.4. The highest BCUT2D eigenvalue weighted by Crippen LogP contribution is 2.22. The number of hydrogen-bond acceptors (Lipinski definition) is 4. The lowest BCUT2D eigenvalue weighted by Crippen LogP contribution is -2.51. The van der Waals surface area contributed by atoms with Crippen LogP contribution in [0.25, 0.3) is 0 Å². The standard InChI is InChI=1S/C24H33N3O4S/c1-7-22(24(29)25-5)26(15-20-11-8-17(2)9-12-20)23(28)16-27(32(6,30)31)21-13-10-18(3)19(4)14-21/h8-14,22H,7,15-16H2,1-6H3,(H,25,29). The monoisotopic (exact) mass is 459 g/mol. The van der Waals surface area contributed by atoms with E-state index in [0.717, 1.165) is 32.8 Å². The van der Waals surface area contributed by atoms with Gasteiger partial charge in [-0.3, -0.25) is 13.9 Å². The van der Waals surface area contributed by atoms with Crippen molar-refractivity contribution in [3.63, 3.8) is 0 Å². The molecular weight excluding hydrogens is 426 g/mol. The van der Waals surface area contributed by atoms with Crippen LogP contribution in [-0.4, -0.2) is 51.0 Å². The number of sulfonamides is 1. The Kier molecular flexibility index (Phi) is 8.44. The largest absolute Gasteiger partial charge is 0.357 e. The normalized spacial score (nSPS) is 12.2. The number of aryl methyl sites for hydroxylation is 3. The lowest BCUT2D eigenvalue weighted by atomic mass is 10.1. The SMILES string of the molecule is CCC(C(=O)NC)N(Cc1ccc(C)cc1)C(=O)CN(c1ccc(C)c(C)c1)S(C)(=O)=O. The molecule has 174 valence electrons. The molecule has 0 aliphatic heterocycles. The Hall–Kier alpha value is -2.87. The summed E-state index contributed by atoms with van der Waals surface area (Å²) < 4.78 is 26.3. The smallest absolute Gasteiger partial charge is 0.244 e. The van der Waals surface area contributed by atoms with Crippen LogP contribution in [0.5, 0.6) is 0 Å². The van der Waals surface area contributed by atoms with Crippen LogP contribution in [0, 0.1) is 20.8 Å². The van der Waals surface area contributed by atoms with Gasteiger partial charge in [-0.15, -0.1) is 0 Å². The van der Waals surface area contributed by atoms with Gasteiger partial charge in [0.15, 0.2) is 0 Å². The van der Waals surface area contributed by atoms with E-state index in [2.05, 4.69) is 5.32 Å². The van der Waals surface area contributed by atoms with E-state index in [4.69, 9.17) is 0 Å². The van der Waals surface area contributed by atoms with Gasteiger partial charge in [-0.25, -0.2) is 8.42 Å². The Morgan fingerprint density at radius 3 is 2.12 bits per heavy atom. The fourth-order valence-corrected chi connectivity index (χ4v) is 4.31. The molecule has 0 spiro atoms. The molecule has 8 heteroatoms. The van der Waals surface area contributed by atoms with Gasteiger partial charge in [0.25, 0.3) is 0 Å². The maximum absolute atomic E-state index is 13.5. The Bertz CT molecular complexity index is 1070. The number of likely N-dealkylation sites (N-methyl/N-ethyl adjacent to an activating group) is 1. The van der Waals surface area contributed by atoms with E-state index in [0.29, 0.717) is 12.1 Å². The first-order chi connectivity index (χ1) is 15.0. The molecule has 2 rings (SSSR count). The molecule has 1 N–H and O–H groups in total. The number of nitrogens with one attached hydrogen (secondary N) is 1. The Balaban J connectivity index is 2.43. The number of carbonyl (C=O) groups is 2. The molecule has 2 amide bonds. The number of carbonyl (C=O) groups excluding carboxylic acids is 2. The molecule has 1 atom stereocenters. The number of nitrogens with zero attached hydrogens (tertiary/aromatic N) is 2. The van der Waals surface area contributed by atoms with Gasteiger partial charge < -0.3 is 10.2 Å². The summed E-state index contributed by atoms with van der Waals surface area (Å²) in [6, 6.07) is 12.3. The Morgan fingerprint density at radius 1 is 1.00 bits per heavy atom. The van der Waals surface area contributed by atoms with Crippen LogP contribution in [-0.2, 0) is 26.2 Å². The minimum Gasteiger partial charge on any atom is -0.357 e. The molecule has 2 aromatic rings. The third-order valence-corrected chi connectivity index (χ3v) is 6.70. The quantitative estimate of drug-likeness (QED) is 0.625. The van der Waals surface area contributed by atoms with Gasteiger partial charge in [0.2, 0.25) is 21.8 Å². The summed E-state index contributed by atoms with van der Waals surface area (Å²) in [7, 11) is -2.20. The van der Waals surface area contributed by atoms with Crippen molar-refractivity contribution >= 4 is 27.5 Å². The molecule has 0 aromatic heterocycles. The van der Waals surface area contributed by atoms with Gasteiger partial charge in [-0.1, -0.05) is 42.8 Å². The third-order valence-electron chi connectivity index (χ3n) is 5.56. The van der Waals surface area contributed by atoms with Gasteiger partial charge in [0.05, 0.1) is 11.9 Å². The molecule has 1 unspecified atom stereocenters. The average molecular weight is 460 g/mol. The molecule has 7 nitrogen and oxygen atoms in total. The molecule has 0 saturated carbocycles. The van der Waals surface area contributed by atoms with Crippen LogP contribution in [0.1, 0.15) is 35.6 Å². The molecule has 0 fully saturated rings. The second kappa shape index (κ2) is 10.6. The summed E-state index contributed by atoms with van der Waals surface area (Å²) in [5.41, 5.74) is 4.33. The van der Waals surface area contributed by atoms with E-state index >= 15 is 0 Å². The molecule has 0 bridgehead atoms. The highest BCUT2D eigenvalue weighted by Gasteiger charge is 2.31. The fourth-order valence-electron chi connectivity index (χ4n) is 3.47. The Morgan fingerprint density at radius 2 is 1.62 bits per heavy atom. The molecule has 32 heavy (non-hydrogen) atoms. The zero-order valence-electron chi connectivity index (χ0n) is 19.7. The number of rotatable bonds is 9. The van der Waals surface area contributed by atoms with Gasteiger partial charge >= 0.3 is 0 Å². The highest BCUT2D eigenvalue weighted by atomic mass is 32.2. The molecule has 2 aromatic carbocycles. The van der Waals surface area contributed by atoms with Crippen LogP contribution in [0.4, 0.5) is 5.69 Å². The lowest BCUT2D eigenvalue weighted by molar-refractivity contribution is -0.140. The first-order valence-electron chi connectivity index (χ1n) is 10.6. The number of hydrogen-bond donors (Lipinski definition) is 1. The van der Waals surface area contributed by atoms with Crippen LogP contribution >= 0.6 is 0 Å². The zero-order chi connectivity index (χ0) is 24.1. The second-order valence-corrected chi connectivity index (χ2v) is 9.99. The van der Waals surface area contributed by atoms with E-state index in [-0.39, 0.29) is 19.0 Å². The molecule has 0 saturated heterocycles. The zero-order valence-corrected chi connectivity index (χ0v) is 20.5. The van der Waals surface area contributed by atoms with Crippen LogP contribution in [0.15, 0.2) is 42.5 Å². The van der Waals surface area contributed by atoms with E-state index in [1.807, 2.05) is 58.0 Å². The topological polar surface area (TPSA) is 86.8 Å². The minimum atomic E-state index is -3.73. The van der Waals surface area contributed by atoms with Crippen molar-refractivity contribution in [2.45, 2.75) is 46.7 Å². The fraction of sp³-hybridized carbons (Fsp3) is 0.417. The predicted molar refractivity (Wildman–Crippen MR) is 128 cm³/mol. The summed E-state index contributed by atoms with van der Waals surface area (Å²) in [6.45, 7) is 7.44. The molecule has 0 radical (unpaired) electrons. The summed E-state index contributed by atoms with van der Waals surface area (Å²) in [5, 5.41) is 2.61. The maximum Gasteiger partial charge on any atom is 0.244 e. The highest BCUT2D eigenvalue weighted by molar-refractivity contribution is 7.92. The number of amides is 2. The van der Waals surface area contributed by atoms with Crippen molar-refractivity contribution in [2.75, 3.05) is 24.2 Å². The number of anilines is 1. The van der Waals surface area contributed by atoms with Crippen molar-refractivity contribution in [3.05, 3.63) is 64.7 Å². The minimum absolute atomic E-state index is 0.204. The first-order valence-corrected chi connectivity index (χ1v) is 12.4. The van der Waals surface area contributed by atoms with Crippen molar-refractivity contribution < 1.29 is 18.0 Å².